The molecule has 0 aromatic carbocycles. The van der Waals surface area contributed by atoms with Crippen LogP contribution < -0.4 is 0 Å². The molecule has 1 atom stereocenters. The van der Waals surface area contributed by atoms with E-state index in [9.17, 15) is 5.11 Å². The molecule has 0 aliphatic rings. The van der Waals surface area contributed by atoms with Crippen LogP contribution in [-0.4, -0.2) is 24.9 Å². The fourth-order valence-electron chi connectivity index (χ4n) is 1.21. The summed E-state index contributed by atoms with van der Waals surface area (Å²) in [4.78, 5) is 8.31. The maximum absolute atomic E-state index is 9.46. The van der Waals surface area contributed by atoms with Crippen molar-refractivity contribution in [1.82, 2.24) is 19.7 Å². The standard InChI is InChI=1S/C10H12N4OS/c1-7(15)8-3-4-11-9(5-8)16-10-12-6-13-14(10)2/h3-7,15H,1-2H3/t7-/m0/s1. The van der Waals surface area contributed by atoms with Gasteiger partial charge >= 0.3 is 0 Å². The number of aliphatic hydroxyl groups is 1. The Morgan fingerprint density at radius 2 is 2.25 bits per heavy atom. The molecule has 1 N–H and O–H groups in total. The number of hydrogen-bond acceptors (Lipinski definition) is 5. The third-order valence-corrected chi connectivity index (χ3v) is 3.09. The minimum atomic E-state index is -0.484. The summed E-state index contributed by atoms with van der Waals surface area (Å²) < 4.78 is 1.68. The normalized spacial score (nSPS) is 12.7. The summed E-state index contributed by atoms with van der Waals surface area (Å²) in [6.45, 7) is 1.73. The molecule has 0 spiro atoms. The van der Waals surface area contributed by atoms with E-state index in [4.69, 9.17) is 0 Å². The van der Waals surface area contributed by atoms with Gasteiger partial charge in [-0.25, -0.2) is 14.6 Å². The first kappa shape index (κ1) is 11.1. The number of aromatic nitrogens is 4. The third-order valence-electron chi connectivity index (χ3n) is 2.11. The predicted molar refractivity (Wildman–Crippen MR) is 60.0 cm³/mol. The van der Waals surface area contributed by atoms with Crippen molar-refractivity contribution in [2.45, 2.75) is 23.2 Å². The van der Waals surface area contributed by atoms with Crippen LogP contribution in [-0.2, 0) is 7.05 Å². The van der Waals surface area contributed by atoms with Gasteiger partial charge < -0.3 is 5.11 Å². The van der Waals surface area contributed by atoms with Gasteiger partial charge in [-0.2, -0.15) is 5.10 Å². The lowest BCUT2D eigenvalue weighted by molar-refractivity contribution is 0.199. The predicted octanol–water partition coefficient (Wildman–Crippen LogP) is 1.41. The van der Waals surface area contributed by atoms with E-state index >= 15 is 0 Å². The number of hydrogen-bond donors (Lipinski definition) is 1. The third kappa shape index (κ3) is 2.40. The molecule has 2 aromatic heterocycles. The van der Waals surface area contributed by atoms with Crippen LogP contribution in [0.15, 0.2) is 34.8 Å². The van der Waals surface area contributed by atoms with Gasteiger partial charge in [0.1, 0.15) is 11.4 Å². The summed E-state index contributed by atoms with van der Waals surface area (Å²) in [6.07, 6.45) is 2.70. The second kappa shape index (κ2) is 4.63. The highest BCUT2D eigenvalue weighted by atomic mass is 32.2. The van der Waals surface area contributed by atoms with Crippen LogP contribution in [0.25, 0.3) is 0 Å². The fourth-order valence-corrected chi connectivity index (χ4v) is 1.99. The van der Waals surface area contributed by atoms with Crippen molar-refractivity contribution in [3.63, 3.8) is 0 Å². The molecule has 2 rings (SSSR count). The van der Waals surface area contributed by atoms with E-state index in [0.29, 0.717) is 0 Å². The van der Waals surface area contributed by atoms with Gasteiger partial charge in [0.15, 0.2) is 5.16 Å². The SMILES string of the molecule is C[C@H](O)c1ccnc(Sc2ncnn2C)c1. The van der Waals surface area contributed by atoms with Gasteiger partial charge in [-0.3, -0.25) is 0 Å². The maximum atomic E-state index is 9.46. The van der Waals surface area contributed by atoms with Crippen LogP contribution in [0.4, 0.5) is 0 Å². The Kier molecular flexibility index (Phi) is 3.21. The average molecular weight is 236 g/mol. The zero-order chi connectivity index (χ0) is 11.5. The van der Waals surface area contributed by atoms with E-state index in [1.807, 2.05) is 13.1 Å². The molecule has 2 aromatic rings. The summed E-state index contributed by atoms with van der Waals surface area (Å²) >= 11 is 1.42. The molecule has 0 unspecified atom stereocenters. The van der Waals surface area contributed by atoms with Gasteiger partial charge in [-0.1, -0.05) is 0 Å². The van der Waals surface area contributed by atoms with Gasteiger partial charge in [0.2, 0.25) is 0 Å². The van der Waals surface area contributed by atoms with E-state index in [1.54, 1.807) is 23.9 Å². The molecular formula is C10H12N4OS. The Labute approximate surface area is 97.5 Å². The molecule has 2 heterocycles. The average Bonchev–Trinajstić information content (AvgIpc) is 2.65. The maximum Gasteiger partial charge on any atom is 0.192 e. The van der Waals surface area contributed by atoms with Crippen molar-refractivity contribution < 1.29 is 5.11 Å². The number of aliphatic hydroxyl groups excluding tert-OH is 1. The van der Waals surface area contributed by atoms with Crippen LogP contribution >= 0.6 is 11.8 Å². The molecule has 16 heavy (non-hydrogen) atoms. The molecular weight excluding hydrogens is 224 g/mol. The topological polar surface area (TPSA) is 63.8 Å². The minimum absolute atomic E-state index is 0.484. The zero-order valence-electron chi connectivity index (χ0n) is 9.03. The van der Waals surface area contributed by atoms with Crippen LogP contribution in [0, 0.1) is 0 Å². The van der Waals surface area contributed by atoms with Gasteiger partial charge in [-0.05, 0) is 36.4 Å². The molecule has 0 amide bonds. The Balaban J connectivity index is 2.22. The number of pyridine rings is 1. The summed E-state index contributed by atoms with van der Waals surface area (Å²) in [7, 11) is 1.83. The van der Waals surface area contributed by atoms with Crippen LogP contribution in [0.3, 0.4) is 0 Å². The fraction of sp³-hybridized carbons (Fsp3) is 0.300. The van der Waals surface area contributed by atoms with Crippen molar-refractivity contribution in [2.75, 3.05) is 0 Å². The van der Waals surface area contributed by atoms with Crippen molar-refractivity contribution in [2.24, 2.45) is 7.05 Å². The smallest absolute Gasteiger partial charge is 0.192 e. The summed E-state index contributed by atoms with van der Waals surface area (Å²) in [6, 6.07) is 3.65. The Hall–Kier alpha value is -1.40. The van der Waals surface area contributed by atoms with Crippen molar-refractivity contribution in [1.29, 1.82) is 0 Å². The van der Waals surface area contributed by atoms with E-state index < -0.39 is 6.10 Å². The number of aryl methyl sites for hydroxylation is 1. The van der Waals surface area contributed by atoms with Gasteiger partial charge in [0, 0.05) is 13.2 Å². The first-order chi connectivity index (χ1) is 7.66. The van der Waals surface area contributed by atoms with Crippen molar-refractivity contribution in [3.05, 3.63) is 30.2 Å². The summed E-state index contributed by atoms with van der Waals surface area (Å²) in [5.41, 5.74) is 0.847. The van der Waals surface area contributed by atoms with Crippen LogP contribution in [0.5, 0.6) is 0 Å². The lowest BCUT2D eigenvalue weighted by Gasteiger charge is -2.05. The minimum Gasteiger partial charge on any atom is -0.389 e. The number of nitrogens with zero attached hydrogens (tertiary/aromatic N) is 4. The largest absolute Gasteiger partial charge is 0.389 e. The molecule has 5 nitrogen and oxygen atoms in total. The first-order valence-corrected chi connectivity index (χ1v) is 5.64. The molecule has 0 radical (unpaired) electrons. The van der Waals surface area contributed by atoms with Crippen molar-refractivity contribution in [3.8, 4) is 0 Å². The molecule has 0 bridgehead atoms. The molecule has 0 fully saturated rings. The lowest BCUT2D eigenvalue weighted by Crippen LogP contribution is -1.95. The molecule has 0 aliphatic carbocycles. The Bertz CT molecular complexity index is 483. The zero-order valence-corrected chi connectivity index (χ0v) is 9.85. The van der Waals surface area contributed by atoms with E-state index in [0.717, 1.165) is 15.7 Å². The quantitative estimate of drug-likeness (QED) is 0.873. The van der Waals surface area contributed by atoms with Gasteiger partial charge in [0.05, 0.1) is 6.10 Å². The first-order valence-electron chi connectivity index (χ1n) is 4.82. The van der Waals surface area contributed by atoms with E-state index in [1.165, 1.54) is 18.1 Å². The van der Waals surface area contributed by atoms with Crippen LogP contribution in [0.1, 0.15) is 18.6 Å². The molecule has 0 saturated carbocycles. The summed E-state index contributed by atoms with van der Waals surface area (Å²) in [5.74, 6) is 0. The molecule has 6 heteroatoms. The van der Waals surface area contributed by atoms with Crippen molar-refractivity contribution >= 4 is 11.8 Å². The Morgan fingerprint density at radius 3 is 2.88 bits per heavy atom. The van der Waals surface area contributed by atoms with E-state index in [2.05, 4.69) is 15.1 Å². The highest BCUT2D eigenvalue weighted by Crippen LogP contribution is 2.25. The Morgan fingerprint density at radius 1 is 1.44 bits per heavy atom. The van der Waals surface area contributed by atoms with Crippen LogP contribution in [0.2, 0.25) is 0 Å². The van der Waals surface area contributed by atoms with Gasteiger partial charge in [0.25, 0.3) is 0 Å². The molecule has 0 saturated heterocycles. The lowest BCUT2D eigenvalue weighted by atomic mass is 10.2. The second-order valence-corrected chi connectivity index (χ2v) is 4.36. The monoisotopic (exact) mass is 236 g/mol. The number of rotatable bonds is 3. The second-order valence-electron chi connectivity index (χ2n) is 3.37. The van der Waals surface area contributed by atoms with E-state index in [-0.39, 0.29) is 0 Å². The molecule has 0 aliphatic heterocycles. The van der Waals surface area contributed by atoms with Gasteiger partial charge in [-0.15, -0.1) is 0 Å². The molecule has 84 valence electrons. The summed E-state index contributed by atoms with van der Waals surface area (Å²) in [5, 5.41) is 15.0. The highest BCUT2D eigenvalue weighted by molar-refractivity contribution is 7.99. The highest BCUT2D eigenvalue weighted by Gasteiger charge is 2.07.